The van der Waals surface area contributed by atoms with Crippen molar-refractivity contribution in [1.82, 2.24) is 4.90 Å². The van der Waals surface area contributed by atoms with Crippen molar-refractivity contribution in [3.05, 3.63) is 0 Å². The van der Waals surface area contributed by atoms with Gasteiger partial charge in [-0.1, -0.05) is 13.3 Å². The molecule has 1 N–H and O–H groups in total. The standard InChI is InChI=1S/C13H23NO4/c1-9-7-6-8-13(9,10(15)16)14(5)11(17)18-12(2,3)4/h9H,6-8H2,1-5H3,(H,15,16). The fraction of sp³-hybridized carbons (Fsp3) is 0.846. The third-order valence-electron chi connectivity index (χ3n) is 3.65. The highest BCUT2D eigenvalue weighted by atomic mass is 16.6. The molecule has 0 aliphatic heterocycles. The minimum absolute atomic E-state index is 0.0625. The molecule has 1 fully saturated rings. The predicted octanol–water partition coefficient (Wildman–Crippen LogP) is 2.50. The Morgan fingerprint density at radius 2 is 1.94 bits per heavy atom. The van der Waals surface area contributed by atoms with Gasteiger partial charge in [-0.3, -0.25) is 4.90 Å². The second kappa shape index (κ2) is 4.78. The highest BCUT2D eigenvalue weighted by Crippen LogP contribution is 2.40. The Morgan fingerprint density at radius 1 is 1.39 bits per heavy atom. The topological polar surface area (TPSA) is 66.8 Å². The van der Waals surface area contributed by atoms with Crippen LogP contribution in [0.15, 0.2) is 0 Å². The number of carboxylic acids is 1. The number of ether oxygens (including phenoxy) is 1. The van der Waals surface area contributed by atoms with Gasteiger partial charge in [0.15, 0.2) is 0 Å². The van der Waals surface area contributed by atoms with Crippen molar-refractivity contribution >= 4 is 12.1 Å². The maximum atomic E-state index is 12.0. The molecule has 0 aromatic carbocycles. The summed E-state index contributed by atoms with van der Waals surface area (Å²) in [5.41, 5.74) is -1.74. The summed E-state index contributed by atoms with van der Waals surface area (Å²) < 4.78 is 5.26. The van der Waals surface area contributed by atoms with Gasteiger partial charge in [0, 0.05) is 7.05 Å². The van der Waals surface area contributed by atoms with Gasteiger partial charge in [-0.15, -0.1) is 0 Å². The third-order valence-corrected chi connectivity index (χ3v) is 3.65. The molecule has 1 aliphatic carbocycles. The molecule has 5 nitrogen and oxygen atoms in total. The van der Waals surface area contributed by atoms with E-state index in [1.54, 1.807) is 20.8 Å². The van der Waals surface area contributed by atoms with Crippen molar-refractivity contribution < 1.29 is 19.4 Å². The number of likely N-dealkylation sites (N-methyl/N-ethyl adjacent to an activating group) is 1. The van der Waals surface area contributed by atoms with Crippen molar-refractivity contribution in [3.8, 4) is 0 Å². The third kappa shape index (κ3) is 2.60. The van der Waals surface area contributed by atoms with Crippen LogP contribution in [-0.2, 0) is 9.53 Å². The molecular formula is C13H23NO4. The number of carbonyl (C=O) groups excluding carboxylic acids is 1. The van der Waals surface area contributed by atoms with E-state index in [1.165, 1.54) is 11.9 Å². The molecule has 104 valence electrons. The van der Waals surface area contributed by atoms with Crippen LogP contribution in [0.1, 0.15) is 47.0 Å². The van der Waals surface area contributed by atoms with E-state index in [0.29, 0.717) is 6.42 Å². The van der Waals surface area contributed by atoms with Gasteiger partial charge >= 0.3 is 12.1 Å². The minimum Gasteiger partial charge on any atom is -0.479 e. The molecule has 0 aromatic heterocycles. The summed E-state index contributed by atoms with van der Waals surface area (Å²) in [6.45, 7) is 7.18. The maximum absolute atomic E-state index is 12.0. The van der Waals surface area contributed by atoms with Crippen molar-refractivity contribution in [2.24, 2.45) is 5.92 Å². The Kier molecular flexibility index (Phi) is 3.93. The van der Waals surface area contributed by atoms with Gasteiger partial charge in [0.25, 0.3) is 0 Å². The Bertz CT molecular complexity index is 347. The van der Waals surface area contributed by atoms with Crippen molar-refractivity contribution in [2.45, 2.75) is 58.1 Å². The van der Waals surface area contributed by atoms with Gasteiger partial charge in [-0.25, -0.2) is 9.59 Å². The van der Waals surface area contributed by atoms with Gasteiger partial charge in [-0.2, -0.15) is 0 Å². The number of nitrogens with zero attached hydrogens (tertiary/aromatic N) is 1. The van der Waals surface area contributed by atoms with Crippen molar-refractivity contribution in [2.75, 3.05) is 7.05 Å². The summed E-state index contributed by atoms with van der Waals surface area (Å²) in [5, 5.41) is 9.50. The average Bonchev–Trinajstić information content (AvgIpc) is 2.57. The van der Waals surface area contributed by atoms with Crippen LogP contribution in [0.2, 0.25) is 0 Å². The van der Waals surface area contributed by atoms with E-state index in [-0.39, 0.29) is 5.92 Å². The SMILES string of the molecule is CC1CCCC1(C(=O)O)N(C)C(=O)OC(C)(C)C. The van der Waals surface area contributed by atoms with Gasteiger partial charge < -0.3 is 9.84 Å². The average molecular weight is 257 g/mol. The Hall–Kier alpha value is -1.26. The van der Waals surface area contributed by atoms with Gasteiger partial charge in [0.05, 0.1) is 0 Å². The van der Waals surface area contributed by atoms with E-state index in [4.69, 9.17) is 4.74 Å². The first-order chi connectivity index (χ1) is 8.11. The lowest BCUT2D eigenvalue weighted by atomic mass is 9.87. The summed E-state index contributed by atoms with van der Waals surface area (Å²) in [5.74, 6) is -1.01. The van der Waals surface area contributed by atoms with Crippen LogP contribution in [0.3, 0.4) is 0 Å². The largest absolute Gasteiger partial charge is 0.479 e. The maximum Gasteiger partial charge on any atom is 0.410 e. The van der Waals surface area contributed by atoms with Crippen LogP contribution < -0.4 is 0 Å². The molecule has 1 aliphatic rings. The minimum atomic E-state index is -1.12. The zero-order chi connectivity index (χ0) is 14.1. The highest BCUT2D eigenvalue weighted by molar-refractivity contribution is 5.85. The lowest BCUT2D eigenvalue weighted by Gasteiger charge is -2.39. The first kappa shape index (κ1) is 14.8. The van der Waals surface area contributed by atoms with Crippen molar-refractivity contribution in [1.29, 1.82) is 0 Å². The number of aliphatic carboxylic acids is 1. The predicted molar refractivity (Wildman–Crippen MR) is 67.4 cm³/mol. The van der Waals surface area contributed by atoms with Gasteiger partial charge in [0.1, 0.15) is 11.1 Å². The number of hydrogen-bond acceptors (Lipinski definition) is 3. The summed E-state index contributed by atoms with van der Waals surface area (Å²) in [6.07, 6.45) is 1.55. The first-order valence-electron chi connectivity index (χ1n) is 6.31. The number of amides is 1. The van der Waals surface area contributed by atoms with E-state index in [0.717, 1.165) is 12.8 Å². The molecule has 2 unspecified atom stereocenters. The van der Waals surface area contributed by atoms with Crippen LogP contribution >= 0.6 is 0 Å². The quantitative estimate of drug-likeness (QED) is 0.825. The zero-order valence-electron chi connectivity index (χ0n) is 11.8. The van der Waals surface area contributed by atoms with E-state index in [1.807, 2.05) is 6.92 Å². The Labute approximate surface area is 108 Å². The highest BCUT2D eigenvalue weighted by Gasteiger charge is 2.52. The van der Waals surface area contributed by atoms with Gasteiger partial charge in [0.2, 0.25) is 0 Å². The Balaban J connectivity index is 2.95. The number of rotatable bonds is 2. The number of carbonyl (C=O) groups is 2. The molecule has 5 heteroatoms. The molecule has 0 radical (unpaired) electrons. The van der Waals surface area contributed by atoms with Gasteiger partial charge in [-0.05, 0) is 39.5 Å². The first-order valence-corrected chi connectivity index (χ1v) is 6.31. The zero-order valence-corrected chi connectivity index (χ0v) is 11.8. The molecule has 1 rings (SSSR count). The fourth-order valence-electron chi connectivity index (χ4n) is 2.62. The molecule has 1 saturated carbocycles. The lowest BCUT2D eigenvalue weighted by molar-refractivity contribution is -0.152. The summed E-state index contributed by atoms with van der Waals surface area (Å²) >= 11 is 0. The van der Waals surface area contributed by atoms with Crippen LogP contribution in [0.25, 0.3) is 0 Å². The molecule has 0 saturated heterocycles. The molecule has 0 aromatic rings. The molecule has 18 heavy (non-hydrogen) atoms. The molecule has 0 bridgehead atoms. The van der Waals surface area contributed by atoms with Crippen LogP contribution in [0.4, 0.5) is 4.79 Å². The molecule has 0 spiro atoms. The second-order valence-electron chi connectivity index (χ2n) is 6.06. The van der Waals surface area contributed by atoms with Crippen LogP contribution in [0.5, 0.6) is 0 Å². The molecule has 2 atom stereocenters. The van der Waals surface area contributed by atoms with Crippen molar-refractivity contribution in [3.63, 3.8) is 0 Å². The lowest BCUT2D eigenvalue weighted by Crippen LogP contribution is -2.57. The van der Waals surface area contributed by atoms with E-state index < -0.39 is 23.2 Å². The van der Waals surface area contributed by atoms with E-state index >= 15 is 0 Å². The second-order valence-corrected chi connectivity index (χ2v) is 6.06. The molecular weight excluding hydrogens is 234 g/mol. The summed E-state index contributed by atoms with van der Waals surface area (Å²) in [7, 11) is 1.52. The summed E-state index contributed by atoms with van der Waals surface area (Å²) in [4.78, 5) is 24.9. The fourth-order valence-corrected chi connectivity index (χ4v) is 2.62. The number of hydrogen-bond donors (Lipinski definition) is 1. The summed E-state index contributed by atoms with van der Waals surface area (Å²) in [6, 6.07) is 0. The van der Waals surface area contributed by atoms with Crippen LogP contribution in [-0.4, -0.2) is 40.3 Å². The van der Waals surface area contributed by atoms with Crippen LogP contribution in [0, 0.1) is 5.92 Å². The molecule has 1 amide bonds. The van der Waals surface area contributed by atoms with E-state index in [2.05, 4.69) is 0 Å². The Morgan fingerprint density at radius 3 is 2.28 bits per heavy atom. The molecule has 0 heterocycles. The smallest absolute Gasteiger partial charge is 0.410 e. The normalized spacial score (nSPS) is 27.9. The number of carboxylic acid groups (broad SMARTS) is 1. The van der Waals surface area contributed by atoms with E-state index in [9.17, 15) is 14.7 Å². The monoisotopic (exact) mass is 257 g/mol.